The Balaban J connectivity index is 1.95. The van der Waals surface area contributed by atoms with Gasteiger partial charge in [0.1, 0.15) is 5.82 Å². The number of hydrogen-bond donors (Lipinski definition) is 2. The van der Waals surface area contributed by atoms with E-state index >= 15 is 0 Å². The normalized spacial score (nSPS) is 31.6. The van der Waals surface area contributed by atoms with Gasteiger partial charge in [-0.3, -0.25) is 4.79 Å². The molecular formula is C14H17FN2O. The number of piperidine rings is 1. The Kier molecular flexibility index (Phi) is 2.82. The Morgan fingerprint density at radius 3 is 2.94 bits per heavy atom. The fraction of sp³-hybridized carbons (Fsp3) is 0.500. The van der Waals surface area contributed by atoms with E-state index in [0.29, 0.717) is 6.42 Å². The number of halogens is 1. The van der Waals surface area contributed by atoms with E-state index in [1.54, 1.807) is 12.1 Å². The third-order valence-corrected chi connectivity index (χ3v) is 4.07. The predicted octanol–water partition coefficient (Wildman–Crippen LogP) is 1.90. The molecule has 2 atom stereocenters. The summed E-state index contributed by atoms with van der Waals surface area (Å²) in [5.74, 6) is -0.112. The molecule has 3 rings (SSSR count). The largest absolute Gasteiger partial charge is 0.349 e. The molecule has 1 amide bonds. The first kappa shape index (κ1) is 11.7. The molecule has 1 aromatic rings. The number of hydrogen-bond acceptors (Lipinski definition) is 2. The highest BCUT2D eigenvalue weighted by Crippen LogP contribution is 2.39. The van der Waals surface area contributed by atoms with Gasteiger partial charge in [0.25, 0.3) is 0 Å². The van der Waals surface area contributed by atoms with Crippen molar-refractivity contribution in [1.82, 2.24) is 10.6 Å². The number of nitrogens with one attached hydrogen (secondary N) is 2. The Morgan fingerprint density at radius 1 is 1.33 bits per heavy atom. The van der Waals surface area contributed by atoms with E-state index in [1.165, 1.54) is 6.07 Å². The van der Waals surface area contributed by atoms with Crippen LogP contribution in [-0.2, 0) is 4.79 Å². The first-order valence-electron chi connectivity index (χ1n) is 6.49. The molecule has 1 aromatic carbocycles. The summed E-state index contributed by atoms with van der Waals surface area (Å²) in [4.78, 5) is 11.5. The van der Waals surface area contributed by atoms with Crippen molar-refractivity contribution in [2.75, 3.05) is 6.54 Å². The molecule has 2 N–H and O–H groups in total. The van der Waals surface area contributed by atoms with Crippen LogP contribution in [0, 0.1) is 5.82 Å². The number of amides is 1. The standard InChI is InChI=1S/C14H17FN2O/c15-11-4-1-3-10(9-11)13-14(6-2-8-16-13)7-5-12(18)17-14/h1,3-4,9,13,16H,2,5-8H2,(H,17,18)/t13?,14-/m1/s1. The number of carbonyl (C=O) groups excluding carboxylic acids is 1. The molecule has 2 aliphatic heterocycles. The average Bonchev–Trinajstić information content (AvgIpc) is 2.72. The minimum atomic E-state index is -0.223. The van der Waals surface area contributed by atoms with Crippen molar-refractivity contribution in [2.24, 2.45) is 0 Å². The molecule has 2 aliphatic rings. The molecule has 18 heavy (non-hydrogen) atoms. The highest BCUT2D eigenvalue weighted by atomic mass is 19.1. The summed E-state index contributed by atoms with van der Waals surface area (Å²) in [7, 11) is 0. The van der Waals surface area contributed by atoms with Crippen molar-refractivity contribution in [3.05, 3.63) is 35.6 Å². The number of benzene rings is 1. The molecule has 2 heterocycles. The minimum Gasteiger partial charge on any atom is -0.349 e. The first-order valence-corrected chi connectivity index (χ1v) is 6.49. The number of rotatable bonds is 1. The van der Waals surface area contributed by atoms with E-state index < -0.39 is 0 Å². The molecule has 2 saturated heterocycles. The van der Waals surface area contributed by atoms with Crippen LogP contribution in [0.4, 0.5) is 4.39 Å². The van der Waals surface area contributed by atoms with Crippen LogP contribution >= 0.6 is 0 Å². The lowest BCUT2D eigenvalue weighted by Gasteiger charge is -2.42. The SMILES string of the molecule is O=C1CC[C@@]2(CCCNC2c2cccc(F)c2)N1. The molecule has 0 radical (unpaired) electrons. The van der Waals surface area contributed by atoms with Crippen LogP contribution in [0.2, 0.25) is 0 Å². The van der Waals surface area contributed by atoms with E-state index in [-0.39, 0.29) is 23.3 Å². The summed E-state index contributed by atoms with van der Waals surface area (Å²) in [6, 6.07) is 6.69. The van der Waals surface area contributed by atoms with E-state index in [4.69, 9.17) is 0 Å². The Bertz CT molecular complexity index is 477. The number of carbonyl (C=O) groups is 1. The predicted molar refractivity (Wildman–Crippen MR) is 66.5 cm³/mol. The van der Waals surface area contributed by atoms with Gasteiger partial charge in [-0.25, -0.2) is 4.39 Å². The molecule has 1 unspecified atom stereocenters. The van der Waals surface area contributed by atoms with Gasteiger partial charge in [-0.05, 0) is 43.5 Å². The van der Waals surface area contributed by atoms with Gasteiger partial charge in [-0.15, -0.1) is 0 Å². The lowest BCUT2D eigenvalue weighted by Crippen LogP contribution is -2.55. The Morgan fingerprint density at radius 2 is 2.22 bits per heavy atom. The maximum atomic E-state index is 13.4. The van der Waals surface area contributed by atoms with Crippen LogP contribution in [0.25, 0.3) is 0 Å². The molecule has 96 valence electrons. The van der Waals surface area contributed by atoms with Crippen molar-refractivity contribution in [3.63, 3.8) is 0 Å². The summed E-state index contributed by atoms with van der Waals surface area (Å²) >= 11 is 0. The highest BCUT2D eigenvalue weighted by Gasteiger charge is 2.46. The van der Waals surface area contributed by atoms with E-state index in [2.05, 4.69) is 10.6 Å². The Labute approximate surface area is 106 Å². The van der Waals surface area contributed by atoms with Crippen molar-refractivity contribution in [2.45, 2.75) is 37.3 Å². The zero-order chi connectivity index (χ0) is 12.6. The van der Waals surface area contributed by atoms with Gasteiger partial charge in [0, 0.05) is 6.42 Å². The van der Waals surface area contributed by atoms with Gasteiger partial charge in [0.05, 0.1) is 11.6 Å². The average molecular weight is 248 g/mol. The lowest BCUT2D eigenvalue weighted by atomic mass is 9.78. The van der Waals surface area contributed by atoms with Crippen LogP contribution in [0.15, 0.2) is 24.3 Å². The molecule has 0 aliphatic carbocycles. The van der Waals surface area contributed by atoms with Gasteiger partial charge in [0.15, 0.2) is 0 Å². The van der Waals surface area contributed by atoms with Crippen LogP contribution in [-0.4, -0.2) is 18.0 Å². The van der Waals surface area contributed by atoms with Crippen LogP contribution in [0.1, 0.15) is 37.3 Å². The molecule has 3 nitrogen and oxygen atoms in total. The van der Waals surface area contributed by atoms with Crippen molar-refractivity contribution in [1.29, 1.82) is 0 Å². The van der Waals surface area contributed by atoms with Crippen molar-refractivity contribution >= 4 is 5.91 Å². The third-order valence-electron chi connectivity index (χ3n) is 4.07. The first-order chi connectivity index (χ1) is 8.70. The lowest BCUT2D eigenvalue weighted by molar-refractivity contribution is -0.120. The smallest absolute Gasteiger partial charge is 0.220 e. The summed E-state index contributed by atoms with van der Waals surface area (Å²) in [6.45, 7) is 0.915. The maximum absolute atomic E-state index is 13.4. The maximum Gasteiger partial charge on any atom is 0.220 e. The second kappa shape index (κ2) is 4.35. The van der Waals surface area contributed by atoms with Crippen molar-refractivity contribution in [3.8, 4) is 0 Å². The van der Waals surface area contributed by atoms with Crippen LogP contribution < -0.4 is 10.6 Å². The molecule has 1 spiro atoms. The van der Waals surface area contributed by atoms with E-state index in [0.717, 1.165) is 31.4 Å². The monoisotopic (exact) mass is 248 g/mol. The molecule has 0 saturated carbocycles. The summed E-state index contributed by atoms with van der Waals surface area (Å²) in [5, 5.41) is 6.55. The fourth-order valence-corrected chi connectivity index (χ4v) is 3.26. The van der Waals surface area contributed by atoms with Gasteiger partial charge < -0.3 is 10.6 Å². The second-order valence-corrected chi connectivity index (χ2v) is 5.25. The summed E-state index contributed by atoms with van der Waals surface area (Å²) < 4.78 is 13.4. The highest BCUT2D eigenvalue weighted by molar-refractivity contribution is 5.79. The van der Waals surface area contributed by atoms with Gasteiger partial charge in [-0.1, -0.05) is 12.1 Å². The van der Waals surface area contributed by atoms with Gasteiger partial charge >= 0.3 is 0 Å². The molecule has 4 heteroatoms. The zero-order valence-electron chi connectivity index (χ0n) is 10.2. The summed E-state index contributed by atoms with van der Waals surface area (Å²) in [5.41, 5.74) is 0.709. The topological polar surface area (TPSA) is 41.1 Å². The third kappa shape index (κ3) is 1.90. The van der Waals surface area contributed by atoms with Crippen LogP contribution in [0.5, 0.6) is 0 Å². The van der Waals surface area contributed by atoms with Gasteiger partial charge in [0.2, 0.25) is 5.91 Å². The fourth-order valence-electron chi connectivity index (χ4n) is 3.26. The molecule has 0 bridgehead atoms. The van der Waals surface area contributed by atoms with E-state index in [9.17, 15) is 9.18 Å². The summed E-state index contributed by atoms with van der Waals surface area (Å²) in [6.07, 6.45) is 3.42. The molecule has 2 fully saturated rings. The van der Waals surface area contributed by atoms with Crippen molar-refractivity contribution < 1.29 is 9.18 Å². The molecule has 0 aromatic heterocycles. The zero-order valence-corrected chi connectivity index (χ0v) is 10.2. The second-order valence-electron chi connectivity index (χ2n) is 5.25. The van der Waals surface area contributed by atoms with Crippen LogP contribution in [0.3, 0.4) is 0 Å². The van der Waals surface area contributed by atoms with Gasteiger partial charge in [-0.2, -0.15) is 0 Å². The minimum absolute atomic E-state index is 0.0217. The van der Waals surface area contributed by atoms with E-state index in [1.807, 2.05) is 6.07 Å². The quantitative estimate of drug-likeness (QED) is 0.797. The molecular weight excluding hydrogens is 231 g/mol. The Hall–Kier alpha value is -1.42.